The lowest BCUT2D eigenvalue weighted by atomic mass is 10.3. The van der Waals surface area contributed by atoms with Crippen LogP contribution in [0.5, 0.6) is 0 Å². The van der Waals surface area contributed by atoms with Gasteiger partial charge in [-0.25, -0.2) is 4.98 Å². The Labute approximate surface area is 92.4 Å². The average Bonchev–Trinajstić information content (AvgIpc) is 2.25. The summed E-state index contributed by atoms with van der Waals surface area (Å²) in [6.45, 7) is 2.19. The number of nitrogens with one attached hydrogen (secondary N) is 1. The molecule has 0 aromatic carbocycles. The summed E-state index contributed by atoms with van der Waals surface area (Å²) in [6, 6.07) is 2.74. The number of anilines is 2. The number of rotatable bonds is 5. The zero-order valence-corrected chi connectivity index (χ0v) is 8.88. The minimum absolute atomic E-state index is 0.138. The molecular weight excluding hydrogens is 212 g/mol. The molecule has 0 bridgehead atoms. The second kappa shape index (κ2) is 5.26. The maximum Gasteiger partial charge on any atom is 0.311 e. The lowest BCUT2D eigenvalue weighted by Gasteiger charge is -2.09. The highest BCUT2D eigenvalue weighted by molar-refractivity contribution is 5.57. The van der Waals surface area contributed by atoms with Gasteiger partial charge in [-0.15, -0.1) is 0 Å². The summed E-state index contributed by atoms with van der Waals surface area (Å²) < 4.78 is 0. The minimum Gasteiger partial charge on any atom is -0.391 e. The van der Waals surface area contributed by atoms with Crippen LogP contribution in [0.25, 0.3) is 0 Å². The molecule has 1 aromatic heterocycles. The van der Waals surface area contributed by atoms with E-state index in [1.807, 2.05) is 6.92 Å². The van der Waals surface area contributed by atoms with Crippen LogP contribution < -0.4 is 11.1 Å². The molecule has 4 N–H and O–H groups in total. The number of pyridine rings is 1. The third-order valence-corrected chi connectivity index (χ3v) is 2.09. The van der Waals surface area contributed by atoms with Gasteiger partial charge in [0.1, 0.15) is 5.82 Å². The molecule has 0 aliphatic heterocycles. The summed E-state index contributed by atoms with van der Waals surface area (Å²) in [5, 5.41) is 22.6. The molecule has 1 unspecified atom stereocenters. The summed E-state index contributed by atoms with van der Waals surface area (Å²) >= 11 is 0. The molecule has 0 amide bonds. The Hall–Kier alpha value is -1.89. The number of nitrogens with zero attached hydrogens (tertiary/aromatic N) is 2. The first kappa shape index (κ1) is 12.2. The summed E-state index contributed by atoms with van der Waals surface area (Å²) in [6.07, 6.45) is 0.147. The average molecular weight is 226 g/mol. The molecule has 88 valence electrons. The smallest absolute Gasteiger partial charge is 0.311 e. The Morgan fingerprint density at radius 3 is 2.88 bits per heavy atom. The molecule has 0 radical (unpaired) electrons. The van der Waals surface area contributed by atoms with Crippen LogP contribution >= 0.6 is 0 Å². The second-order valence-corrected chi connectivity index (χ2v) is 3.30. The van der Waals surface area contributed by atoms with E-state index in [0.29, 0.717) is 18.8 Å². The van der Waals surface area contributed by atoms with Gasteiger partial charge in [-0.2, -0.15) is 0 Å². The van der Waals surface area contributed by atoms with Crippen LogP contribution in [-0.4, -0.2) is 27.7 Å². The molecule has 7 nitrogen and oxygen atoms in total. The molecular formula is C9H14N4O3. The number of nitrogen functional groups attached to an aromatic ring is 1. The standard InChI is InChI=1S/C9H14N4O3/c1-2-6(14)5-11-8-4-3-7(13(15)16)9(10)12-8/h3-4,6,14H,2,5H2,1H3,(H3,10,11,12). The fourth-order valence-electron chi connectivity index (χ4n) is 1.09. The predicted molar refractivity (Wildman–Crippen MR) is 60.1 cm³/mol. The van der Waals surface area contributed by atoms with Gasteiger partial charge in [-0.1, -0.05) is 6.92 Å². The quantitative estimate of drug-likeness (QED) is 0.504. The van der Waals surface area contributed by atoms with Gasteiger partial charge in [-0.05, 0) is 12.5 Å². The highest BCUT2D eigenvalue weighted by Crippen LogP contribution is 2.20. The molecule has 1 atom stereocenters. The molecule has 0 aliphatic carbocycles. The van der Waals surface area contributed by atoms with Crippen LogP contribution in [-0.2, 0) is 0 Å². The van der Waals surface area contributed by atoms with Crippen molar-refractivity contribution in [2.45, 2.75) is 19.4 Å². The van der Waals surface area contributed by atoms with Gasteiger partial charge in [0.2, 0.25) is 5.82 Å². The summed E-state index contributed by atoms with van der Waals surface area (Å²) in [5.41, 5.74) is 5.19. The number of aliphatic hydroxyl groups is 1. The van der Waals surface area contributed by atoms with Crippen LogP contribution in [0.15, 0.2) is 12.1 Å². The van der Waals surface area contributed by atoms with Crippen molar-refractivity contribution in [1.29, 1.82) is 0 Å². The maximum atomic E-state index is 10.5. The van der Waals surface area contributed by atoms with Crippen molar-refractivity contribution in [3.8, 4) is 0 Å². The van der Waals surface area contributed by atoms with E-state index in [1.165, 1.54) is 12.1 Å². The van der Waals surface area contributed by atoms with Crippen molar-refractivity contribution in [3.05, 3.63) is 22.2 Å². The van der Waals surface area contributed by atoms with Crippen LogP contribution in [0.2, 0.25) is 0 Å². The number of aromatic nitrogens is 1. The van der Waals surface area contributed by atoms with E-state index in [9.17, 15) is 15.2 Å². The topological polar surface area (TPSA) is 114 Å². The summed E-state index contributed by atoms with van der Waals surface area (Å²) in [4.78, 5) is 13.7. The lowest BCUT2D eigenvalue weighted by molar-refractivity contribution is -0.384. The largest absolute Gasteiger partial charge is 0.391 e. The Bertz CT molecular complexity index is 383. The molecule has 16 heavy (non-hydrogen) atoms. The van der Waals surface area contributed by atoms with Gasteiger partial charge < -0.3 is 16.2 Å². The molecule has 0 aliphatic rings. The summed E-state index contributed by atoms with van der Waals surface area (Å²) in [7, 11) is 0. The van der Waals surface area contributed by atoms with Crippen LogP contribution in [0.1, 0.15) is 13.3 Å². The summed E-state index contributed by atoms with van der Waals surface area (Å²) in [5.74, 6) is 0.275. The van der Waals surface area contributed by atoms with Gasteiger partial charge in [0, 0.05) is 12.6 Å². The Morgan fingerprint density at radius 1 is 1.69 bits per heavy atom. The van der Waals surface area contributed by atoms with Gasteiger partial charge in [0.15, 0.2) is 0 Å². The van der Waals surface area contributed by atoms with Gasteiger partial charge in [-0.3, -0.25) is 10.1 Å². The van der Waals surface area contributed by atoms with Crippen molar-refractivity contribution in [3.63, 3.8) is 0 Å². The van der Waals surface area contributed by atoms with E-state index >= 15 is 0 Å². The van der Waals surface area contributed by atoms with E-state index in [0.717, 1.165) is 0 Å². The van der Waals surface area contributed by atoms with Crippen molar-refractivity contribution in [2.24, 2.45) is 0 Å². The van der Waals surface area contributed by atoms with Gasteiger partial charge in [0.05, 0.1) is 11.0 Å². The fraction of sp³-hybridized carbons (Fsp3) is 0.444. The minimum atomic E-state index is -0.590. The molecule has 0 spiro atoms. The lowest BCUT2D eigenvalue weighted by Crippen LogP contribution is -2.19. The van der Waals surface area contributed by atoms with Crippen molar-refractivity contribution >= 4 is 17.3 Å². The highest BCUT2D eigenvalue weighted by atomic mass is 16.6. The molecule has 0 saturated carbocycles. The predicted octanol–water partition coefficient (Wildman–Crippen LogP) is 0.755. The number of nitro groups is 1. The third kappa shape index (κ3) is 3.06. The number of aliphatic hydroxyl groups excluding tert-OH is 1. The second-order valence-electron chi connectivity index (χ2n) is 3.30. The van der Waals surface area contributed by atoms with Crippen molar-refractivity contribution in [1.82, 2.24) is 4.98 Å². The zero-order chi connectivity index (χ0) is 12.1. The number of nitrogens with two attached hydrogens (primary N) is 1. The zero-order valence-electron chi connectivity index (χ0n) is 8.88. The Morgan fingerprint density at radius 2 is 2.38 bits per heavy atom. The van der Waals surface area contributed by atoms with Crippen LogP contribution in [0.3, 0.4) is 0 Å². The van der Waals surface area contributed by atoms with Crippen LogP contribution in [0.4, 0.5) is 17.3 Å². The molecule has 1 aromatic rings. The van der Waals surface area contributed by atoms with Gasteiger partial charge in [0.25, 0.3) is 0 Å². The van der Waals surface area contributed by atoms with Crippen molar-refractivity contribution < 1.29 is 10.0 Å². The normalized spacial score (nSPS) is 12.1. The van der Waals surface area contributed by atoms with E-state index < -0.39 is 11.0 Å². The van der Waals surface area contributed by atoms with E-state index in [-0.39, 0.29) is 11.5 Å². The Balaban J connectivity index is 2.70. The first-order valence-corrected chi connectivity index (χ1v) is 4.87. The van der Waals surface area contributed by atoms with E-state index in [1.54, 1.807) is 0 Å². The number of hydrogen-bond acceptors (Lipinski definition) is 6. The monoisotopic (exact) mass is 226 g/mol. The molecule has 7 heteroatoms. The molecule has 0 saturated heterocycles. The Kier molecular flexibility index (Phi) is 4.01. The maximum absolute atomic E-state index is 10.5. The first-order chi connectivity index (χ1) is 7.54. The molecule has 1 heterocycles. The number of hydrogen-bond donors (Lipinski definition) is 3. The third-order valence-electron chi connectivity index (χ3n) is 2.09. The van der Waals surface area contributed by atoms with Gasteiger partial charge >= 0.3 is 5.69 Å². The SMILES string of the molecule is CCC(O)CNc1ccc([N+](=O)[O-])c(N)n1. The first-order valence-electron chi connectivity index (χ1n) is 4.87. The molecule has 0 fully saturated rings. The molecule has 1 rings (SSSR count). The van der Waals surface area contributed by atoms with E-state index in [4.69, 9.17) is 5.73 Å². The fourth-order valence-corrected chi connectivity index (χ4v) is 1.09. The van der Waals surface area contributed by atoms with Crippen molar-refractivity contribution in [2.75, 3.05) is 17.6 Å². The highest BCUT2D eigenvalue weighted by Gasteiger charge is 2.12. The van der Waals surface area contributed by atoms with E-state index in [2.05, 4.69) is 10.3 Å². The van der Waals surface area contributed by atoms with Crippen LogP contribution in [0, 0.1) is 10.1 Å².